The summed E-state index contributed by atoms with van der Waals surface area (Å²) in [6, 6.07) is 8.00. The van der Waals surface area contributed by atoms with Crippen LogP contribution in [0.1, 0.15) is 13.8 Å². The summed E-state index contributed by atoms with van der Waals surface area (Å²) in [4.78, 5) is 24.8. The maximum atomic E-state index is 13.6. The molecule has 8 heteroatoms. The van der Waals surface area contributed by atoms with Crippen LogP contribution in [0.4, 0.5) is 15.9 Å². The van der Waals surface area contributed by atoms with E-state index in [1.165, 1.54) is 12.4 Å². The molecule has 1 aromatic heterocycles. The predicted octanol–water partition coefficient (Wildman–Crippen LogP) is 2.16. The van der Waals surface area contributed by atoms with E-state index in [9.17, 15) is 9.18 Å². The molecule has 1 aromatic carbocycles. The lowest BCUT2D eigenvalue weighted by Gasteiger charge is -2.35. The molecule has 1 saturated heterocycles. The minimum absolute atomic E-state index is 0.0533. The Labute approximate surface area is 158 Å². The highest BCUT2D eigenvalue weighted by molar-refractivity contribution is 5.92. The Morgan fingerprint density at radius 3 is 2.67 bits per heavy atom. The molecular weight excluding hydrogens is 349 g/mol. The highest BCUT2D eigenvalue weighted by Gasteiger charge is 2.21. The monoisotopic (exact) mass is 373 g/mol. The van der Waals surface area contributed by atoms with E-state index in [0.29, 0.717) is 5.88 Å². The van der Waals surface area contributed by atoms with Gasteiger partial charge in [0.1, 0.15) is 18.0 Å². The second kappa shape index (κ2) is 8.77. The lowest BCUT2D eigenvalue weighted by molar-refractivity contribution is -0.117. The van der Waals surface area contributed by atoms with Gasteiger partial charge < -0.3 is 15.0 Å². The third kappa shape index (κ3) is 5.37. The zero-order valence-corrected chi connectivity index (χ0v) is 15.6. The molecule has 2 aromatic rings. The van der Waals surface area contributed by atoms with Crippen LogP contribution in [0.25, 0.3) is 0 Å². The van der Waals surface area contributed by atoms with Crippen LogP contribution in [-0.2, 0) is 4.79 Å². The van der Waals surface area contributed by atoms with Crippen molar-refractivity contribution in [1.82, 2.24) is 14.9 Å². The average Bonchev–Trinajstić information content (AvgIpc) is 2.64. The molecule has 0 atom stereocenters. The van der Waals surface area contributed by atoms with Crippen LogP contribution in [0.5, 0.6) is 5.88 Å². The highest BCUT2D eigenvalue weighted by Crippen LogP contribution is 2.18. The van der Waals surface area contributed by atoms with Crippen molar-refractivity contribution in [1.29, 1.82) is 0 Å². The standard InChI is InChI=1S/C19H24FN5O2/c1-14(2)27-19-11-17(21-13-22-19)25-9-7-24(8-10-25)12-18(26)23-16-6-4-3-5-15(16)20/h3-6,11,13-14H,7-10,12H2,1-2H3,(H,23,26). The molecule has 27 heavy (non-hydrogen) atoms. The number of hydrogen-bond donors (Lipinski definition) is 1. The van der Waals surface area contributed by atoms with Gasteiger partial charge in [0.15, 0.2) is 0 Å². The first-order valence-corrected chi connectivity index (χ1v) is 9.01. The topological polar surface area (TPSA) is 70.6 Å². The van der Waals surface area contributed by atoms with Gasteiger partial charge >= 0.3 is 0 Å². The van der Waals surface area contributed by atoms with Crippen LogP contribution in [0.2, 0.25) is 0 Å². The SMILES string of the molecule is CC(C)Oc1cc(N2CCN(CC(=O)Nc3ccccc3F)CC2)ncn1. The molecule has 7 nitrogen and oxygen atoms in total. The highest BCUT2D eigenvalue weighted by atomic mass is 19.1. The van der Waals surface area contributed by atoms with Gasteiger partial charge in [0.2, 0.25) is 11.8 Å². The first kappa shape index (κ1) is 19.0. The number of carbonyl (C=O) groups excluding carboxylic acids is 1. The van der Waals surface area contributed by atoms with Crippen molar-refractivity contribution in [2.24, 2.45) is 0 Å². The summed E-state index contributed by atoms with van der Waals surface area (Å²) in [5.74, 6) is 0.722. The molecule has 0 spiro atoms. The van der Waals surface area contributed by atoms with E-state index < -0.39 is 5.82 Å². The van der Waals surface area contributed by atoms with Gasteiger partial charge in [-0.05, 0) is 26.0 Å². The van der Waals surface area contributed by atoms with Gasteiger partial charge in [-0.25, -0.2) is 14.4 Å². The molecule has 0 aliphatic carbocycles. The number of carbonyl (C=O) groups is 1. The van der Waals surface area contributed by atoms with E-state index >= 15 is 0 Å². The second-order valence-electron chi connectivity index (χ2n) is 6.67. The smallest absolute Gasteiger partial charge is 0.238 e. The fourth-order valence-corrected chi connectivity index (χ4v) is 2.90. The molecule has 3 rings (SSSR count). The molecule has 0 bridgehead atoms. The molecular formula is C19H24FN5O2. The van der Waals surface area contributed by atoms with E-state index in [2.05, 4.69) is 20.2 Å². The Morgan fingerprint density at radius 2 is 1.96 bits per heavy atom. The van der Waals surface area contributed by atoms with Gasteiger partial charge in [-0.15, -0.1) is 0 Å². The van der Waals surface area contributed by atoms with Crippen molar-refractivity contribution in [3.63, 3.8) is 0 Å². The number of nitrogens with one attached hydrogen (secondary N) is 1. The summed E-state index contributed by atoms with van der Waals surface area (Å²) in [6.07, 6.45) is 1.55. The molecule has 1 aliphatic heterocycles. The van der Waals surface area contributed by atoms with Gasteiger partial charge in [0.05, 0.1) is 18.3 Å². The minimum Gasteiger partial charge on any atom is -0.475 e. The zero-order chi connectivity index (χ0) is 19.2. The molecule has 0 unspecified atom stereocenters. The van der Waals surface area contributed by atoms with Crippen LogP contribution in [0, 0.1) is 5.82 Å². The fraction of sp³-hybridized carbons (Fsp3) is 0.421. The Balaban J connectivity index is 1.50. The first-order valence-electron chi connectivity index (χ1n) is 9.01. The molecule has 1 fully saturated rings. The Morgan fingerprint density at radius 1 is 1.22 bits per heavy atom. The average molecular weight is 373 g/mol. The Hall–Kier alpha value is -2.74. The van der Waals surface area contributed by atoms with Crippen molar-refractivity contribution in [3.8, 4) is 5.88 Å². The third-order valence-electron chi connectivity index (χ3n) is 4.20. The van der Waals surface area contributed by atoms with E-state index in [0.717, 1.165) is 32.0 Å². The molecule has 1 N–H and O–H groups in total. The number of para-hydroxylation sites is 1. The van der Waals surface area contributed by atoms with Gasteiger partial charge in [0.25, 0.3) is 0 Å². The van der Waals surface area contributed by atoms with E-state index in [-0.39, 0.29) is 24.2 Å². The van der Waals surface area contributed by atoms with E-state index in [4.69, 9.17) is 4.74 Å². The summed E-state index contributed by atoms with van der Waals surface area (Å²) in [5, 5.41) is 2.62. The number of benzene rings is 1. The molecule has 144 valence electrons. The second-order valence-corrected chi connectivity index (χ2v) is 6.67. The fourth-order valence-electron chi connectivity index (χ4n) is 2.90. The predicted molar refractivity (Wildman–Crippen MR) is 101 cm³/mol. The number of rotatable bonds is 6. The molecule has 2 heterocycles. The number of piperazine rings is 1. The van der Waals surface area contributed by atoms with Crippen LogP contribution in [0.15, 0.2) is 36.7 Å². The number of amides is 1. The van der Waals surface area contributed by atoms with Crippen molar-refractivity contribution in [2.75, 3.05) is 42.9 Å². The third-order valence-corrected chi connectivity index (χ3v) is 4.20. The van der Waals surface area contributed by atoms with Gasteiger partial charge in [0, 0.05) is 32.2 Å². The summed E-state index contributed by atoms with van der Waals surface area (Å²) in [7, 11) is 0. The lowest BCUT2D eigenvalue weighted by Crippen LogP contribution is -2.49. The van der Waals surface area contributed by atoms with Gasteiger partial charge in [-0.3, -0.25) is 9.69 Å². The van der Waals surface area contributed by atoms with Crippen molar-refractivity contribution in [3.05, 3.63) is 42.5 Å². The molecule has 1 aliphatic rings. The summed E-state index contributed by atoms with van der Waals surface area (Å²) >= 11 is 0. The number of hydrogen-bond acceptors (Lipinski definition) is 6. The maximum absolute atomic E-state index is 13.6. The Bertz CT molecular complexity index is 778. The van der Waals surface area contributed by atoms with Crippen molar-refractivity contribution >= 4 is 17.4 Å². The van der Waals surface area contributed by atoms with Crippen LogP contribution in [-0.4, -0.2) is 59.6 Å². The van der Waals surface area contributed by atoms with Crippen molar-refractivity contribution < 1.29 is 13.9 Å². The van der Waals surface area contributed by atoms with Crippen LogP contribution < -0.4 is 15.0 Å². The quantitative estimate of drug-likeness (QED) is 0.837. The van der Waals surface area contributed by atoms with E-state index in [1.807, 2.05) is 24.8 Å². The van der Waals surface area contributed by atoms with Crippen molar-refractivity contribution in [2.45, 2.75) is 20.0 Å². The summed E-state index contributed by atoms with van der Waals surface area (Å²) < 4.78 is 19.2. The normalized spacial score (nSPS) is 15.0. The molecule has 0 saturated carbocycles. The first-order chi connectivity index (χ1) is 13.0. The maximum Gasteiger partial charge on any atom is 0.238 e. The van der Waals surface area contributed by atoms with Crippen LogP contribution >= 0.6 is 0 Å². The summed E-state index contributed by atoms with van der Waals surface area (Å²) in [6.45, 7) is 7.05. The lowest BCUT2D eigenvalue weighted by atomic mass is 10.3. The molecule has 1 amide bonds. The Kier molecular flexibility index (Phi) is 6.18. The number of halogens is 1. The van der Waals surface area contributed by atoms with Gasteiger partial charge in [-0.1, -0.05) is 12.1 Å². The van der Waals surface area contributed by atoms with E-state index in [1.54, 1.807) is 18.2 Å². The van der Waals surface area contributed by atoms with Crippen LogP contribution in [0.3, 0.4) is 0 Å². The largest absolute Gasteiger partial charge is 0.475 e. The number of anilines is 2. The minimum atomic E-state index is -0.432. The summed E-state index contributed by atoms with van der Waals surface area (Å²) in [5.41, 5.74) is 0.208. The zero-order valence-electron chi connectivity index (χ0n) is 15.6. The van der Waals surface area contributed by atoms with Gasteiger partial charge in [-0.2, -0.15) is 0 Å². The number of aromatic nitrogens is 2. The molecule has 0 radical (unpaired) electrons. The number of ether oxygens (including phenoxy) is 1. The number of nitrogens with zero attached hydrogens (tertiary/aromatic N) is 4.